The molecule has 0 fully saturated rings. The largest absolute Gasteiger partial charge is 0.366 e. The average molecular weight is 417 g/mol. The number of amides is 1. The third kappa shape index (κ3) is 3.59. The predicted octanol–water partition coefficient (Wildman–Crippen LogP) is 2.29. The number of halogens is 1. The molecular weight excluding hydrogens is 397 g/mol. The summed E-state index contributed by atoms with van der Waals surface area (Å²) in [6.45, 7) is 1.89. The van der Waals surface area contributed by atoms with Crippen molar-refractivity contribution in [1.82, 2.24) is 24.7 Å². The Morgan fingerprint density at radius 3 is 3.00 bits per heavy atom. The molecule has 4 N–H and O–H groups in total. The number of anilines is 1. The van der Waals surface area contributed by atoms with Gasteiger partial charge in [0.25, 0.3) is 5.91 Å². The molecule has 8 nitrogen and oxygen atoms in total. The van der Waals surface area contributed by atoms with Gasteiger partial charge in [0.15, 0.2) is 11.6 Å². The van der Waals surface area contributed by atoms with Crippen LogP contribution in [-0.2, 0) is 19.5 Å². The summed E-state index contributed by atoms with van der Waals surface area (Å²) in [5.41, 5.74) is 9.22. The van der Waals surface area contributed by atoms with Gasteiger partial charge in [-0.1, -0.05) is 12.1 Å². The van der Waals surface area contributed by atoms with Crippen molar-refractivity contribution in [2.75, 3.05) is 11.9 Å². The van der Waals surface area contributed by atoms with Crippen LogP contribution >= 0.6 is 0 Å². The van der Waals surface area contributed by atoms with Gasteiger partial charge >= 0.3 is 0 Å². The second-order valence-corrected chi connectivity index (χ2v) is 7.35. The number of imidazole rings is 1. The second-order valence-electron chi connectivity index (χ2n) is 7.35. The van der Waals surface area contributed by atoms with E-state index in [0.717, 1.165) is 29.8 Å². The number of hydrogen-bond donors (Lipinski definition) is 3. The molecule has 0 saturated heterocycles. The molecule has 5 rings (SSSR count). The first kappa shape index (κ1) is 19.1. The van der Waals surface area contributed by atoms with Gasteiger partial charge in [0.05, 0.1) is 23.0 Å². The van der Waals surface area contributed by atoms with Crippen molar-refractivity contribution in [1.29, 1.82) is 0 Å². The lowest BCUT2D eigenvalue weighted by Gasteiger charge is -2.20. The van der Waals surface area contributed by atoms with E-state index in [4.69, 9.17) is 15.7 Å². The van der Waals surface area contributed by atoms with Gasteiger partial charge in [0, 0.05) is 24.8 Å². The molecule has 0 bridgehead atoms. The van der Waals surface area contributed by atoms with Crippen molar-refractivity contribution in [3.05, 3.63) is 77.0 Å². The quantitative estimate of drug-likeness (QED) is 0.460. The zero-order chi connectivity index (χ0) is 21.4. The Labute approximate surface area is 177 Å². The van der Waals surface area contributed by atoms with E-state index >= 15 is 0 Å². The maximum Gasteiger partial charge on any atom is 0.250 e. The van der Waals surface area contributed by atoms with E-state index in [0.29, 0.717) is 41.6 Å². The van der Waals surface area contributed by atoms with Gasteiger partial charge in [-0.15, -0.1) is 0 Å². The predicted molar refractivity (Wildman–Crippen MR) is 114 cm³/mol. The zero-order valence-corrected chi connectivity index (χ0v) is 16.6. The summed E-state index contributed by atoms with van der Waals surface area (Å²) in [7, 11) is 0. The molecule has 3 aromatic heterocycles. The minimum Gasteiger partial charge on any atom is -0.366 e. The number of aromatic nitrogens is 4. The molecule has 0 radical (unpaired) electrons. The van der Waals surface area contributed by atoms with E-state index in [9.17, 15) is 9.18 Å². The molecule has 0 spiro atoms. The minimum atomic E-state index is -0.523. The molecular formula is C22H20FN7O. The molecule has 1 aromatic carbocycles. The highest BCUT2D eigenvalue weighted by atomic mass is 19.1. The van der Waals surface area contributed by atoms with Gasteiger partial charge in [-0.25, -0.2) is 19.3 Å². The number of benzene rings is 1. The molecule has 4 heterocycles. The fraction of sp³-hybridized carbons (Fsp3) is 0.182. The zero-order valence-electron chi connectivity index (χ0n) is 16.6. The smallest absolute Gasteiger partial charge is 0.250 e. The van der Waals surface area contributed by atoms with E-state index in [-0.39, 0.29) is 5.82 Å². The van der Waals surface area contributed by atoms with Crippen LogP contribution in [0.4, 0.5) is 10.2 Å². The first-order valence-electron chi connectivity index (χ1n) is 9.95. The van der Waals surface area contributed by atoms with Crippen LogP contribution in [0.3, 0.4) is 0 Å². The van der Waals surface area contributed by atoms with Crippen LogP contribution in [0.1, 0.15) is 27.2 Å². The van der Waals surface area contributed by atoms with Crippen LogP contribution < -0.4 is 16.4 Å². The van der Waals surface area contributed by atoms with Gasteiger partial charge in [-0.2, -0.15) is 0 Å². The summed E-state index contributed by atoms with van der Waals surface area (Å²) in [6.07, 6.45) is 4.18. The minimum absolute atomic E-state index is 0.275. The Balaban J connectivity index is 1.57. The van der Waals surface area contributed by atoms with E-state index in [1.54, 1.807) is 35.0 Å². The van der Waals surface area contributed by atoms with Crippen LogP contribution in [0.15, 0.2) is 48.8 Å². The maximum atomic E-state index is 13.5. The summed E-state index contributed by atoms with van der Waals surface area (Å²) in [6, 6.07) is 9.86. The molecule has 0 unspecified atom stereocenters. The molecule has 0 saturated carbocycles. The molecule has 31 heavy (non-hydrogen) atoms. The number of nitrogens with two attached hydrogens (primary N) is 1. The van der Waals surface area contributed by atoms with Crippen LogP contribution in [0.2, 0.25) is 0 Å². The fourth-order valence-electron chi connectivity index (χ4n) is 3.83. The molecule has 1 aliphatic heterocycles. The van der Waals surface area contributed by atoms with Gasteiger partial charge in [0.2, 0.25) is 0 Å². The third-order valence-corrected chi connectivity index (χ3v) is 5.32. The second kappa shape index (κ2) is 7.77. The SMILES string of the molecule is NC(=O)c1cccn2c(-c3nc4c(c(NCc5cccc(F)c5)n3)CCNC4)ncc12. The number of pyridine rings is 1. The summed E-state index contributed by atoms with van der Waals surface area (Å²) in [5.74, 6) is 0.854. The van der Waals surface area contributed by atoms with Crippen molar-refractivity contribution in [3.8, 4) is 11.6 Å². The van der Waals surface area contributed by atoms with Crippen molar-refractivity contribution in [2.45, 2.75) is 19.5 Å². The number of fused-ring (bicyclic) bond motifs is 2. The first-order chi connectivity index (χ1) is 15.1. The van der Waals surface area contributed by atoms with E-state index in [2.05, 4.69) is 15.6 Å². The molecule has 4 aromatic rings. The maximum absolute atomic E-state index is 13.5. The van der Waals surface area contributed by atoms with Crippen molar-refractivity contribution in [3.63, 3.8) is 0 Å². The summed E-state index contributed by atoms with van der Waals surface area (Å²) in [4.78, 5) is 25.7. The number of carbonyl (C=O) groups excluding carboxylic acids is 1. The standard InChI is InChI=1S/C22H20FN7O/c23-14-4-1-3-13(9-14)10-26-20-15-6-7-25-11-17(15)28-21(29-20)22-27-12-18-16(19(24)31)5-2-8-30(18)22/h1-5,8-9,12,25H,6-7,10-11H2,(H2,24,31)(H,26,28,29). The van der Waals surface area contributed by atoms with Crippen LogP contribution in [0.5, 0.6) is 0 Å². The number of hydrogen-bond acceptors (Lipinski definition) is 6. The van der Waals surface area contributed by atoms with Crippen LogP contribution in [0, 0.1) is 5.82 Å². The van der Waals surface area contributed by atoms with E-state index in [1.807, 2.05) is 6.07 Å². The lowest BCUT2D eigenvalue weighted by Crippen LogP contribution is -2.26. The molecule has 1 amide bonds. The van der Waals surface area contributed by atoms with Gasteiger partial charge in [0.1, 0.15) is 11.6 Å². The van der Waals surface area contributed by atoms with Crippen molar-refractivity contribution >= 4 is 17.2 Å². The third-order valence-electron chi connectivity index (χ3n) is 5.32. The molecule has 0 aliphatic carbocycles. The fourth-order valence-corrected chi connectivity index (χ4v) is 3.83. The van der Waals surface area contributed by atoms with E-state index < -0.39 is 5.91 Å². The highest BCUT2D eigenvalue weighted by Crippen LogP contribution is 2.26. The van der Waals surface area contributed by atoms with Gasteiger partial charge in [-0.05, 0) is 42.8 Å². The van der Waals surface area contributed by atoms with Crippen LogP contribution in [0.25, 0.3) is 17.2 Å². The van der Waals surface area contributed by atoms with E-state index in [1.165, 1.54) is 12.1 Å². The summed E-state index contributed by atoms with van der Waals surface area (Å²) < 4.78 is 15.3. The summed E-state index contributed by atoms with van der Waals surface area (Å²) in [5, 5.41) is 6.67. The monoisotopic (exact) mass is 417 g/mol. The average Bonchev–Trinajstić information content (AvgIpc) is 3.21. The summed E-state index contributed by atoms with van der Waals surface area (Å²) >= 11 is 0. The van der Waals surface area contributed by atoms with Crippen molar-refractivity contribution in [2.24, 2.45) is 5.73 Å². The highest BCUT2D eigenvalue weighted by Gasteiger charge is 2.21. The molecule has 1 aliphatic rings. The Kier molecular flexibility index (Phi) is 4.79. The number of primary amides is 1. The topological polar surface area (TPSA) is 110 Å². The molecule has 156 valence electrons. The Hall–Kier alpha value is -3.85. The first-order valence-corrected chi connectivity index (χ1v) is 9.95. The van der Waals surface area contributed by atoms with Gasteiger partial charge in [-0.3, -0.25) is 9.20 Å². The number of nitrogens with zero attached hydrogens (tertiary/aromatic N) is 4. The Morgan fingerprint density at radius 1 is 1.26 bits per heavy atom. The molecule has 0 atom stereocenters. The number of rotatable bonds is 5. The Bertz CT molecular complexity index is 1300. The highest BCUT2D eigenvalue weighted by molar-refractivity contribution is 5.99. The lowest BCUT2D eigenvalue weighted by atomic mass is 10.1. The van der Waals surface area contributed by atoms with Gasteiger partial charge < -0.3 is 16.4 Å². The molecule has 9 heteroatoms. The Morgan fingerprint density at radius 2 is 2.16 bits per heavy atom. The van der Waals surface area contributed by atoms with Crippen molar-refractivity contribution < 1.29 is 9.18 Å². The van der Waals surface area contributed by atoms with Crippen LogP contribution in [-0.4, -0.2) is 31.8 Å². The lowest BCUT2D eigenvalue weighted by molar-refractivity contribution is 0.100. The number of nitrogens with one attached hydrogen (secondary N) is 2. The number of carbonyl (C=O) groups is 1. The normalized spacial score (nSPS) is 13.2.